The predicted molar refractivity (Wildman–Crippen MR) is 133 cm³/mol. The molecule has 7 heteroatoms. The van der Waals surface area contributed by atoms with Gasteiger partial charge in [0.15, 0.2) is 5.96 Å². The third-order valence-corrected chi connectivity index (χ3v) is 6.52. The van der Waals surface area contributed by atoms with E-state index in [0.29, 0.717) is 12.0 Å². The third-order valence-electron chi connectivity index (χ3n) is 6.52. The summed E-state index contributed by atoms with van der Waals surface area (Å²) in [5.74, 6) is 1.54. The fourth-order valence-electron chi connectivity index (χ4n) is 4.50. The maximum Gasteiger partial charge on any atom is 0.191 e. The highest BCUT2D eigenvalue weighted by atomic mass is 16.5. The molecule has 0 aliphatic carbocycles. The number of ether oxygens (including phenoxy) is 1. The van der Waals surface area contributed by atoms with Crippen LogP contribution in [0, 0.1) is 5.92 Å². The minimum Gasteiger partial charge on any atom is -0.379 e. The minimum absolute atomic E-state index is 0.506. The Bertz CT molecular complexity index is 678. The van der Waals surface area contributed by atoms with Crippen LogP contribution in [0.4, 0.5) is 0 Å². The second-order valence-electron chi connectivity index (χ2n) is 9.63. The highest BCUT2D eigenvalue weighted by molar-refractivity contribution is 5.79. The van der Waals surface area contributed by atoms with E-state index < -0.39 is 0 Å². The first-order valence-electron chi connectivity index (χ1n) is 12.3. The molecule has 3 rings (SSSR count). The summed E-state index contributed by atoms with van der Waals surface area (Å²) >= 11 is 0. The van der Waals surface area contributed by atoms with Gasteiger partial charge in [0.2, 0.25) is 0 Å². The van der Waals surface area contributed by atoms with E-state index in [-0.39, 0.29) is 0 Å². The fraction of sp³-hybridized carbons (Fsp3) is 0.720. The van der Waals surface area contributed by atoms with Crippen LogP contribution in [0.1, 0.15) is 31.4 Å². The van der Waals surface area contributed by atoms with Crippen LogP contribution in [-0.4, -0.2) is 99.8 Å². The molecule has 1 atom stereocenters. The van der Waals surface area contributed by atoms with Gasteiger partial charge in [0.25, 0.3) is 0 Å². The van der Waals surface area contributed by atoms with Gasteiger partial charge in [0, 0.05) is 72.0 Å². The first-order valence-corrected chi connectivity index (χ1v) is 12.3. The maximum absolute atomic E-state index is 5.54. The van der Waals surface area contributed by atoms with Crippen LogP contribution in [0.15, 0.2) is 29.3 Å². The number of hydrogen-bond acceptors (Lipinski definition) is 5. The molecule has 0 bridgehead atoms. The number of rotatable bonds is 9. The number of likely N-dealkylation sites (N-methyl/N-ethyl adjacent to an activating group) is 1. The van der Waals surface area contributed by atoms with Gasteiger partial charge in [0.1, 0.15) is 0 Å². The number of piperazine rings is 1. The minimum atomic E-state index is 0.506. The summed E-state index contributed by atoms with van der Waals surface area (Å²) in [6.07, 6.45) is 1.18. The van der Waals surface area contributed by atoms with Gasteiger partial charge < -0.3 is 20.3 Å². The van der Waals surface area contributed by atoms with E-state index in [1.165, 1.54) is 17.5 Å². The third kappa shape index (κ3) is 8.35. The molecule has 0 radical (unpaired) electrons. The van der Waals surface area contributed by atoms with Crippen molar-refractivity contribution in [1.29, 1.82) is 0 Å². The molecule has 0 saturated carbocycles. The molecule has 2 fully saturated rings. The second-order valence-corrected chi connectivity index (χ2v) is 9.63. The number of hydrogen-bond donors (Lipinski definition) is 2. The van der Waals surface area contributed by atoms with Crippen LogP contribution < -0.4 is 10.6 Å². The predicted octanol–water partition coefficient (Wildman–Crippen LogP) is 1.85. The van der Waals surface area contributed by atoms with E-state index in [9.17, 15) is 0 Å². The number of benzene rings is 1. The second kappa shape index (κ2) is 13.1. The van der Waals surface area contributed by atoms with Crippen LogP contribution in [0.5, 0.6) is 0 Å². The molecule has 2 aliphatic rings. The van der Waals surface area contributed by atoms with Crippen molar-refractivity contribution in [2.24, 2.45) is 10.9 Å². The Labute approximate surface area is 195 Å². The highest BCUT2D eigenvalue weighted by Gasteiger charge is 2.22. The molecular weight excluding hydrogens is 400 g/mol. The first kappa shape index (κ1) is 25.0. The summed E-state index contributed by atoms with van der Waals surface area (Å²) in [5, 5.41) is 7.04. The number of aliphatic imine (C=N–C) groups is 1. The lowest BCUT2D eigenvalue weighted by molar-refractivity contribution is 0.0132. The van der Waals surface area contributed by atoms with Gasteiger partial charge in [-0.15, -0.1) is 0 Å². The first-order chi connectivity index (χ1) is 15.5. The van der Waals surface area contributed by atoms with Crippen molar-refractivity contribution < 1.29 is 4.74 Å². The molecule has 180 valence electrons. The molecule has 1 aromatic rings. The van der Waals surface area contributed by atoms with E-state index in [2.05, 4.69) is 75.5 Å². The van der Waals surface area contributed by atoms with E-state index >= 15 is 0 Å². The molecular formula is C25H44N6O. The number of morpholine rings is 1. The molecule has 2 saturated heterocycles. The van der Waals surface area contributed by atoms with Crippen molar-refractivity contribution in [3.63, 3.8) is 0 Å². The van der Waals surface area contributed by atoms with Crippen molar-refractivity contribution in [2.75, 3.05) is 73.1 Å². The Morgan fingerprint density at radius 2 is 1.62 bits per heavy atom. The topological polar surface area (TPSA) is 55.4 Å². The van der Waals surface area contributed by atoms with Gasteiger partial charge in [-0.25, -0.2) is 0 Å². The van der Waals surface area contributed by atoms with Gasteiger partial charge in [-0.3, -0.25) is 14.8 Å². The number of nitrogens with one attached hydrogen (secondary N) is 2. The molecule has 1 aromatic carbocycles. The summed E-state index contributed by atoms with van der Waals surface area (Å²) in [7, 11) is 4.05. The Hall–Kier alpha value is -1.67. The fourth-order valence-corrected chi connectivity index (χ4v) is 4.50. The monoisotopic (exact) mass is 444 g/mol. The summed E-state index contributed by atoms with van der Waals surface area (Å²) in [6, 6.07) is 9.51. The molecule has 0 amide bonds. The average molecular weight is 445 g/mol. The Morgan fingerprint density at radius 3 is 2.25 bits per heavy atom. The summed E-state index contributed by atoms with van der Waals surface area (Å²) < 4.78 is 5.54. The van der Waals surface area contributed by atoms with Crippen molar-refractivity contribution in [1.82, 2.24) is 25.3 Å². The van der Waals surface area contributed by atoms with Crippen LogP contribution in [0.3, 0.4) is 0 Å². The van der Waals surface area contributed by atoms with Crippen LogP contribution >= 0.6 is 0 Å². The lowest BCUT2D eigenvalue weighted by Crippen LogP contribution is -2.50. The number of guanidine groups is 1. The smallest absolute Gasteiger partial charge is 0.191 e. The van der Waals surface area contributed by atoms with Gasteiger partial charge in [0.05, 0.1) is 13.2 Å². The molecule has 0 spiro atoms. The zero-order chi connectivity index (χ0) is 22.8. The molecule has 2 heterocycles. The van der Waals surface area contributed by atoms with Gasteiger partial charge >= 0.3 is 0 Å². The molecule has 32 heavy (non-hydrogen) atoms. The quantitative estimate of drug-likeness (QED) is 0.448. The molecule has 0 aromatic heterocycles. The number of nitrogens with zero attached hydrogens (tertiary/aromatic N) is 4. The zero-order valence-corrected chi connectivity index (χ0v) is 20.6. The van der Waals surface area contributed by atoms with Gasteiger partial charge in [-0.2, -0.15) is 0 Å². The van der Waals surface area contributed by atoms with Crippen LogP contribution in [0.25, 0.3) is 0 Å². The zero-order valence-electron chi connectivity index (χ0n) is 20.6. The van der Waals surface area contributed by atoms with E-state index in [1.54, 1.807) is 0 Å². The highest BCUT2D eigenvalue weighted by Crippen LogP contribution is 2.13. The van der Waals surface area contributed by atoms with E-state index in [4.69, 9.17) is 4.74 Å². The van der Waals surface area contributed by atoms with Crippen LogP contribution in [-0.2, 0) is 17.8 Å². The van der Waals surface area contributed by atoms with Crippen molar-refractivity contribution in [3.05, 3.63) is 35.4 Å². The van der Waals surface area contributed by atoms with Gasteiger partial charge in [-0.05, 0) is 30.5 Å². The Kier molecular flexibility index (Phi) is 10.2. The Morgan fingerprint density at radius 1 is 0.969 bits per heavy atom. The SMILES string of the molecule is CN=C(NCc1ccc(CN2CCN(C)CC2)cc1)NCC(CC(C)C)N1CCOCC1. The largest absolute Gasteiger partial charge is 0.379 e. The van der Waals surface area contributed by atoms with Crippen molar-refractivity contribution >= 4 is 5.96 Å². The van der Waals surface area contributed by atoms with Crippen LogP contribution in [0.2, 0.25) is 0 Å². The molecule has 1 unspecified atom stereocenters. The molecule has 7 nitrogen and oxygen atoms in total. The van der Waals surface area contributed by atoms with E-state index in [0.717, 1.165) is 78.1 Å². The Balaban J connectivity index is 1.43. The molecule has 2 aliphatic heterocycles. The lowest BCUT2D eigenvalue weighted by Gasteiger charge is -2.35. The summed E-state index contributed by atoms with van der Waals surface area (Å²) in [5.41, 5.74) is 2.67. The summed E-state index contributed by atoms with van der Waals surface area (Å²) in [4.78, 5) is 11.9. The lowest BCUT2D eigenvalue weighted by atomic mass is 10.0. The normalized spacial score (nSPS) is 20.5. The van der Waals surface area contributed by atoms with Crippen molar-refractivity contribution in [3.8, 4) is 0 Å². The van der Waals surface area contributed by atoms with Crippen molar-refractivity contribution in [2.45, 2.75) is 39.4 Å². The summed E-state index contributed by atoms with van der Waals surface area (Å²) in [6.45, 7) is 15.7. The maximum atomic E-state index is 5.54. The van der Waals surface area contributed by atoms with Gasteiger partial charge in [-0.1, -0.05) is 38.1 Å². The molecule has 2 N–H and O–H groups in total. The average Bonchev–Trinajstić information content (AvgIpc) is 2.81. The van der Waals surface area contributed by atoms with E-state index in [1.807, 2.05) is 7.05 Å². The standard InChI is InChI=1S/C25H44N6O/c1-21(2)17-24(31-13-15-32-16-14-31)19-28-25(26-3)27-18-22-5-7-23(8-6-22)20-30-11-9-29(4)10-12-30/h5-8,21,24H,9-20H2,1-4H3,(H2,26,27,28).